The molecule has 94 valence electrons. The summed E-state index contributed by atoms with van der Waals surface area (Å²) in [6.45, 7) is 0. The zero-order valence-electron chi connectivity index (χ0n) is 9.67. The van der Waals surface area contributed by atoms with Crippen molar-refractivity contribution in [2.75, 3.05) is 0 Å². The summed E-state index contributed by atoms with van der Waals surface area (Å²) < 4.78 is 1.41. The number of fused-ring (bicyclic) bond motifs is 1. The lowest BCUT2D eigenvalue weighted by molar-refractivity contribution is -0.142. The SMILES string of the molecule is O=C(O)C1CCCC1c1nc2cccn2c(=O)[nH]1. The van der Waals surface area contributed by atoms with Crippen LogP contribution in [0.4, 0.5) is 0 Å². The van der Waals surface area contributed by atoms with Gasteiger partial charge in [0, 0.05) is 12.1 Å². The predicted molar refractivity (Wildman–Crippen MR) is 63.5 cm³/mol. The molecule has 0 amide bonds. The van der Waals surface area contributed by atoms with Crippen molar-refractivity contribution in [3.8, 4) is 0 Å². The van der Waals surface area contributed by atoms with Gasteiger partial charge in [0.1, 0.15) is 11.5 Å². The number of carboxylic acids is 1. The van der Waals surface area contributed by atoms with Crippen molar-refractivity contribution < 1.29 is 9.90 Å². The van der Waals surface area contributed by atoms with Gasteiger partial charge in [0.2, 0.25) is 0 Å². The van der Waals surface area contributed by atoms with E-state index in [1.165, 1.54) is 4.40 Å². The van der Waals surface area contributed by atoms with Gasteiger partial charge in [0.25, 0.3) is 0 Å². The maximum Gasteiger partial charge on any atom is 0.332 e. The van der Waals surface area contributed by atoms with Gasteiger partial charge in [-0.3, -0.25) is 14.2 Å². The molecule has 3 rings (SSSR count). The molecule has 6 nitrogen and oxygen atoms in total. The second-order valence-corrected chi connectivity index (χ2v) is 4.65. The van der Waals surface area contributed by atoms with Gasteiger partial charge in [-0.15, -0.1) is 0 Å². The Morgan fingerprint density at radius 3 is 3.11 bits per heavy atom. The molecule has 0 spiro atoms. The molecule has 0 bridgehead atoms. The van der Waals surface area contributed by atoms with Crippen molar-refractivity contribution in [1.29, 1.82) is 0 Å². The van der Waals surface area contributed by atoms with Gasteiger partial charge in [-0.1, -0.05) is 6.42 Å². The number of hydrogen-bond acceptors (Lipinski definition) is 3. The van der Waals surface area contributed by atoms with E-state index in [9.17, 15) is 9.59 Å². The van der Waals surface area contributed by atoms with E-state index in [4.69, 9.17) is 5.11 Å². The van der Waals surface area contributed by atoms with Crippen molar-refractivity contribution in [2.24, 2.45) is 5.92 Å². The van der Waals surface area contributed by atoms with Gasteiger partial charge >= 0.3 is 11.7 Å². The van der Waals surface area contributed by atoms with Gasteiger partial charge in [0.15, 0.2) is 0 Å². The molecular weight excluding hydrogens is 234 g/mol. The minimum atomic E-state index is -0.810. The predicted octanol–water partition coefficient (Wildman–Crippen LogP) is 0.991. The van der Waals surface area contributed by atoms with Crippen LogP contribution in [0.3, 0.4) is 0 Å². The molecule has 2 aromatic heterocycles. The summed E-state index contributed by atoms with van der Waals surface area (Å²) >= 11 is 0. The first kappa shape index (κ1) is 11.0. The standard InChI is InChI=1S/C12H13N3O3/c16-11(17)8-4-1-3-7(8)10-13-9-5-2-6-15(9)12(18)14-10/h2,5-8H,1,3-4H2,(H,16,17)(H,13,14,18). The van der Waals surface area contributed by atoms with Gasteiger partial charge in [-0.2, -0.15) is 0 Å². The summed E-state index contributed by atoms with van der Waals surface area (Å²) in [6.07, 6.45) is 3.90. The van der Waals surface area contributed by atoms with E-state index < -0.39 is 11.9 Å². The van der Waals surface area contributed by atoms with Crippen LogP contribution in [0.15, 0.2) is 23.1 Å². The van der Waals surface area contributed by atoms with Crippen molar-refractivity contribution >= 4 is 11.6 Å². The monoisotopic (exact) mass is 247 g/mol. The third-order valence-electron chi connectivity index (χ3n) is 3.60. The average molecular weight is 247 g/mol. The smallest absolute Gasteiger partial charge is 0.332 e. The zero-order valence-corrected chi connectivity index (χ0v) is 9.67. The third-order valence-corrected chi connectivity index (χ3v) is 3.60. The first-order valence-corrected chi connectivity index (χ1v) is 5.97. The average Bonchev–Trinajstić information content (AvgIpc) is 2.97. The van der Waals surface area contributed by atoms with Crippen LogP contribution < -0.4 is 5.69 Å². The quantitative estimate of drug-likeness (QED) is 0.828. The lowest BCUT2D eigenvalue weighted by Crippen LogP contribution is -2.24. The minimum absolute atomic E-state index is 0.185. The Kier molecular flexibility index (Phi) is 2.43. The second kappa shape index (κ2) is 3.97. The number of rotatable bonds is 2. The summed E-state index contributed by atoms with van der Waals surface area (Å²) in [5.41, 5.74) is 0.292. The molecule has 0 radical (unpaired) electrons. The molecule has 0 saturated heterocycles. The molecule has 2 aromatic rings. The normalized spacial score (nSPS) is 23.6. The fraction of sp³-hybridized carbons (Fsp3) is 0.417. The second-order valence-electron chi connectivity index (χ2n) is 4.65. The number of nitrogens with zero attached hydrogens (tertiary/aromatic N) is 2. The van der Waals surface area contributed by atoms with Crippen LogP contribution >= 0.6 is 0 Å². The van der Waals surface area contributed by atoms with E-state index in [1.807, 2.05) is 0 Å². The molecule has 2 unspecified atom stereocenters. The van der Waals surface area contributed by atoms with Crippen molar-refractivity contribution in [3.63, 3.8) is 0 Å². The number of carbonyl (C=O) groups is 1. The summed E-state index contributed by atoms with van der Waals surface area (Å²) in [4.78, 5) is 30.0. The minimum Gasteiger partial charge on any atom is -0.481 e. The third kappa shape index (κ3) is 1.61. The Balaban J connectivity index is 2.08. The highest BCUT2D eigenvalue weighted by atomic mass is 16.4. The molecule has 2 atom stereocenters. The maximum atomic E-state index is 11.8. The van der Waals surface area contributed by atoms with Crippen LogP contribution in [-0.4, -0.2) is 25.4 Å². The molecule has 18 heavy (non-hydrogen) atoms. The van der Waals surface area contributed by atoms with Crippen LogP contribution in [0.25, 0.3) is 5.65 Å². The Hall–Kier alpha value is -2.11. The molecule has 1 saturated carbocycles. The van der Waals surface area contributed by atoms with E-state index in [0.29, 0.717) is 17.9 Å². The van der Waals surface area contributed by atoms with Crippen molar-refractivity contribution in [3.05, 3.63) is 34.6 Å². The highest BCUT2D eigenvalue weighted by Crippen LogP contribution is 2.37. The number of aromatic nitrogens is 3. The zero-order chi connectivity index (χ0) is 12.7. The molecular formula is C12H13N3O3. The Morgan fingerprint density at radius 1 is 1.50 bits per heavy atom. The van der Waals surface area contributed by atoms with Gasteiger partial charge < -0.3 is 5.11 Å². The van der Waals surface area contributed by atoms with Crippen LogP contribution in [0.1, 0.15) is 31.0 Å². The summed E-state index contributed by atoms with van der Waals surface area (Å²) in [7, 11) is 0. The molecule has 2 heterocycles. The summed E-state index contributed by atoms with van der Waals surface area (Å²) in [6, 6.07) is 3.48. The van der Waals surface area contributed by atoms with Gasteiger partial charge in [-0.25, -0.2) is 9.78 Å². The van der Waals surface area contributed by atoms with Crippen LogP contribution in [0, 0.1) is 5.92 Å². The van der Waals surface area contributed by atoms with E-state index in [2.05, 4.69) is 9.97 Å². The van der Waals surface area contributed by atoms with Crippen LogP contribution in [0.5, 0.6) is 0 Å². The molecule has 1 aliphatic rings. The van der Waals surface area contributed by atoms with Gasteiger partial charge in [-0.05, 0) is 25.0 Å². The Morgan fingerprint density at radius 2 is 2.33 bits per heavy atom. The Bertz CT molecular complexity index is 658. The van der Waals surface area contributed by atoms with E-state index >= 15 is 0 Å². The molecule has 1 fully saturated rings. The first-order valence-electron chi connectivity index (χ1n) is 5.97. The number of nitrogens with one attached hydrogen (secondary N) is 1. The number of hydrogen-bond donors (Lipinski definition) is 2. The first-order chi connectivity index (χ1) is 8.66. The highest BCUT2D eigenvalue weighted by molar-refractivity contribution is 5.71. The van der Waals surface area contributed by atoms with E-state index in [-0.39, 0.29) is 11.6 Å². The molecule has 1 aliphatic carbocycles. The van der Waals surface area contributed by atoms with E-state index in [1.54, 1.807) is 18.3 Å². The summed E-state index contributed by atoms with van der Waals surface area (Å²) in [5.74, 6) is -0.938. The van der Waals surface area contributed by atoms with Gasteiger partial charge in [0.05, 0.1) is 5.92 Å². The fourth-order valence-corrected chi connectivity index (χ4v) is 2.71. The van der Waals surface area contributed by atoms with Crippen molar-refractivity contribution in [2.45, 2.75) is 25.2 Å². The number of aliphatic carboxylic acids is 1. The number of carboxylic acid groups (broad SMARTS) is 1. The molecule has 2 N–H and O–H groups in total. The molecule has 6 heteroatoms. The van der Waals surface area contributed by atoms with Crippen LogP contribution in [0.2, 0.25) is 0 Å². The molecule has 0 aliphatic heterocycles. The lowest BCUT2D eigenvalue weighted by atomic mass is 9.95. The maximum absolute atomic E-state index is 11.8. The summed E-state index contributed by atoms with van der Waals surface area (Å²) in [5, 5.41) is 9.16. The Labute approximate surface area is 102 Å². The van der Waals surface area contributed by atoms with Crippen LogP contribution in [-0.2, 0) is 4.79 Å². The van der Waals surface area contributed by atoms with Crippen molar-refractivity contribution in [1.82, 2.24) is 14.4 Å². The number of aromatic amines is 1. The largest absolute Gasteiger partial charge is 0.481 e. The van der Waals surface area contributed by atoms with E-state index in [0.717, 1.165) is 12.8 Å². The highest BCUT2D eigenvalue weighted by Gasteiger charge is 2.35. The molecule has 0 aromatic carbocycles. The number of H-pyrrole nitrogens is 1. The lowest BCUT2D eigenvalue weighted by Gasteiger charge is -2.14. The fourth-order valence-electron chi connectivity index (χ4n) is 2.71. The topological polar surface area (TPSA) is 87.5 Å².